The molecule has 0 saturated heterocycles. The predicted molar refractivity (Wildman–Crippen MR) is 118 cm³/mol. The molecule has 1 aliphatic rings. The molecule has 0 spiro atoms. The van der Waals surface area contributed by atoms with Crippen molar-refractivity contribution in [2.24, 2.45) is 0 Å². The molecule has 0 saturated carbocycles. The third kappa shape index (κ3) is 4.60. The Kier molecular flexibility index (Phi) is 6.31. The van der Waals surface area contributed by atoms with Gasteiger partial charge in [-0.3, -0.25) is 0 Å². The summed E-state index contributed by atoms with van der Waals surface area (Å²) in [6.45, 7) is 4.78. The molecule has 3 aromatic rings. The summed E-state index contributed by atoms with van der Waals surface area (Å²) in [6, 6.07) is 17.3. The van der Waals surface area contributed by atoms with Crippen molar-refractivity contribution in [2.75, 3.05) is 11.9 Å². The number of hydrogen-bond donors (Lipinski definition) is 1. The lowest BCUT2D eigenvalue weighted by Gasteiger charge is -2.28. The van der Waals surface area contributed by atoms with E-state index >= 15 is 0 Å². The average molecular weight is 418 g/mol. The number of esters is 1. The SMILES string of the molecule is CCCCOC(=O)C1=C(C)Nc2ncnn2C1c1cccc(OCc2ccccc2)c1. The zero-order valence-electron chi connectivity index (χ0n) is 17.7. The van der Waals surface area contributed by atoms with E-state index in [0.29, 0.717) is 30.4 Å². The molecular weight excluding hydrogens is 392 g/mol. The van der Waals surface area contributed by atoms with E-state index in [-0.39, 0.29) is 5.97 Å². The van der Waals surface area contributed by atoms with Gasteiger partial charge in [-0.05, 0) is 36.6 Å². The minimum Gasteiger partial charge on any atom is -0.489 e. The minimum absolute atomic E-state index is 0.347. The first-order chi connectivity index (χ1) is 15.2. The third-order valence-electron chi connectivity index (χ3n) is 5.17. The Morgan fingerprint density at radius 1 is 1.16 bits per heavy atom. The van der Waals surface area contributed by atoms with Crippen LogP contribution in [-0.2, 0) is 16.1 Å². The normalized spacial score (nSPS) is 15.2. The molecule has 1 N–H and O–H groups in total. The van der Waals surface area contributed by atoms with Crippen molar-refractivity contribution in [3.05, 3.63) is 83.3 Å². The van der Waals surface area contributed by atoms with Crippen LogP contribution in [0.2, 0.25) is 0 Å². The number of allylic oxidation sites excluding steroid dienone is 1. The van der Waals surface area contributed by atoms with E-state index in [2.05, 4.69) is 22.3 Å². The summed E-state index contributed by atoms with van der Waals surface area (Å²) in [6.07, 6.45) is 3.26. The molecule has 7 nitrogen and oxygen atoms in total. The first-order valence-electron chi connectivity index (χ1n) is 10.5. The van der Waals surface area contributed by atoms with Gasteiger partial charge in [-0.2, -0.15) is 10.1 Å². The van der Waals surface area contributed by atoms with Crippen molar-refractivity contribution in [3.8, 4) is 5.75 Å². The van der Waals surface area contributed by atoms with Gasteiger partial charge in [0.1, 0.15) is 24.7 Å². The van der Waals surface area contributed by atoms with Crippen LogP contribution in [0.5, 0.6) is 5.75 Å². The van der Waals surface area contributed by atoms with Crippen LogP contribution in [-0.4, -0.2) is 27.3 Å². The van der Waals surface area contributed by atoms with Gasteiger partial charge >= 0.3 is 5.97 Å². The molecule has 1 unspecified atom stereocenters. The number of carbonyl (C=O) groups is 1. The van der Waals surface area contributed by atoms with Gasteiger partial charge in [-0.15, -0.1) is 0 Å². The number of fused-ring (bicyclic) bond motifs is 1. The fourth-order valence-corrected chi connectivity index (χ4v) is 3.57. The number of nitrogens with one attached hydrogen (secondary N) is 1. The maximum absolute atomic E-state index is 13.0. The number of benzene rings is 2. The van der Waals surface area contributed by atoms with Gasteiger partial charge < -0.3 is 14.8 Å². The van der Waals surface area contributed by atoms with Crippen LogP contribution in [0.25, 0.3) is 0 Å². The van der Waals surface area contributed by atoms with Crippen LogP contribution in [0, 0.1) is 0 Å². The quantitative estimate of drug-likeness (QED) is 0.429. The minimum atomic E-state index is -0.451. The molecule has 0 bridgehead atoms. The summed E-state index contributed by atoms with van der Waals surface area (Å²) < 4.78 is 13.3. The molecule has 1 aromatic heterocycles. The van der Waals surface area contributed by atoms with E-state index in [0.717, 1.165) is 29.7 Å². The second-order valence-electron chi connectivity index (χ2n) is 7.43. The molecule has 31 heavy (non-hydrogen) atoms. The Labute approximate surface area is 181 Å². The van der Waals surface area contributed by atoms with Crippen molar-refractivity contribution >= 4 is 11.9 Å². The zero-order chi connectivity index (χ0) is 21.6. The van der Waals surface area contributed by atoms with Crippen molar-refractivity contribution in [1.82, 2.24) is 14.8 Å². The van der Waals surface area contributed by atoms with Crippen LogP contribution < -0.4 is 10.1 Å². The third-order valence-corrected chi connectivity index (χ3v) is 5.17. The number of ether oxygens (including phenoxy) is 2. The lowest BCUT2D eigenvalue weighted by molar-refractivity contribution is -0.139. The van der Waals surface area contributed by atoms with Gasteiger partial charge in [0.2, 0.25) is 5.95 Å². The van der Waals surface area contributed by atoms with Crippen LogP contribution in [0.15, 0.2) is 72.2 Å². The Morgan fingerprint density at radius 2 is 2.00 bits per heavy atom. The van der Waals surface area contributed by atoms with E-state index in [1.54, 1.807) is 4.68 Å². The first-order valence-corrected chi connectivity index (χ1v) is 10.5. The van der Waals surface area contributed by atoms with E-state index in [1.165, 1.54) is 6.33 Å². The number of hydrogen-bond acceptors (Lipinski definition) is 6. The maximum atomic E-state index is 13.0. The predicted octanol–water partition coefficient (Wildman–Crippen LogP) is 4.49. The highest BCUT2D eigenvalue weighted by Crippen LogP contribution is 2.36. The van der Waals surface area contributed by atoms with Crippen LogP contribution in [0.3, 0.4) is 0 Å². The molecule has 1 aliphatic heterocycles. The number of rotatable bonds is 8. The second-order valence-corrected chi connectivity index (χ2v) is 7.43. The van der Waals surface area contributed by atoms with E-state index in [9.17, 15) is 4.79 Å². The largest absolute Gasteiger partial charge is 0.489 e. The summed E-state index contributed by atoms with van der Waals surface area (Å²) in [4.78, 5) is 17.3. The molecule has 160 valence electrons. The summed E-state index contributed by atoms with van der Waals surface area (Å²) >= 11 is 0. The van der Waals surface area contributed by atoms with E-state index in [1.807, 2.05) is 61.5 Å². The van der Waals surface area contributed by atoms with E-state index < -0.39 is 6.04 Å². The number of anilines is 1. The van der Waals surface area contributed by atoms with Gasteiger partial charge in [-0.1, -0.05) is 55.8 Å². The molecular formula is C24H26N4O3. The van der Waals surface area contributed by atoms with Crippen molar-refractivity contribution in [3.63, 3.8) is 0 Å². The zero-order valence-corrected chi connectivity index (χ0v) is 17.7. The van der Waals surface area contributed by atoms with Crippen molar-refractivity contribution in [2.45, 2.75) is 39.3 Å². The molecule has 0 radical (unpaired) electrons. The Morgan fingerprint density at radius 3 is 2.81 bits per heavy atom. The lowest BCUT2D eigenvalue weighted by atomic mass is 9.95. The highest BCUT2D eigenvalue weighted by molar-refractivity contribution is 5.92. The molecule has 2 aromatic carbocycles. The average Bonchev–Trinajstić information content (AvgIpc) is 3.25. The van der Waals surface area contributed by atoms with Crippen molar-refractivity contribution < 1.29 is 14.3 Å². The Bertz CT molecular complexity index is 1080. The topological polar surface area (TPSA) is 78.3 Å². The fourth-order valence-electron chi connectivity index (χ4n) is 3.57. The fraction of sp³-hybridized carbons (Fsp3) is 0.292. The number of aromatic nitrogens is 3. The number of carbonyl (C=O) groups excluding carboxylic acids is 1. The summed E-state index contributed by atoms with van der Waals surface area (Å²) in [5.41, 5.74) is 3.20. The monoisotopic (exact) mass is 418 g/mol. The maximum Gasteiger partial charge on any atom is 0.338 e. The first kappa shape index (κ1) is 20.7. The summed E-state index contributed by atoms with van der Waals surface area (Å²) in [5.74, 6) is 0.960. The summed E-state index contributed by atoms with van der Waals surface area (Å²) in [7, 11) is 0. The molecule has 1 atom stereocenters. The molecule has 4 rings (SSSR count). The van der Waals surface area contributed by atoms with E-state index in [4.69, 9.17) is 9.47 Å². The highest BCUT2D eigenvalue weighted by atomic mass is 16.5. The van der Waals surface area contributed by atoms with Crippen LogP contribution in [0.1, 0.15) is 43.9 Å². The van der Waals surface area contributed by atoms with Gasteiger partial charge in [0.05, 0.1) is 12.2 Å². The van der Waals surface area contributed by atoms with Gasteiger partial charge in [0.15, 0.2) is 0 Å². The Balaban J connectivity index is 1.63. The lowest BCUT2D eigenvalue weighted by Crippen LogP contribution is -2.29. The van der Waals surface area contributed by atoms with Gasteiger partial charge in [0, 0.05) is 5.70 Å². The van der Waals surface area contributed by atoms with Crippen LogP contribution >= 0.6 is 0 Å². The second kappa shape index (κ2) is 9.47. The standard InChI is InChI=1S/C24H26N4O3/c1-3-4-13-30-23(29)21-17(2)27-24-25-16-26-28(24)22(21)19-11-8-12-20(14-19)31-15-18-9-6-5-7-10-18/h5-12,14,16,22H,3-4,13,15H2,1-2H3,(H,25,26,27). The molecule has 0 amide bonds. The molecule has 0 aliphatic carbocycles. The van der Waals surface area contributed by atoms with Gasteiger partial charge in [-0.25, -0.2) is 9.48 Å². The number of unbranched alkanes of at least 4 members (excludes halogenated alkanes) is 1. The molecule has 7 heteroatoms. The smallest absolute Gasteiger partial charge is 0.338 e. The summed E-state index contributed by atoms with van der Waals surface area (Å²) in [5, 5.41) is 7.52. The van der Waals surface area contributed by atoms with Gasteiger partial charge in [0.25, 0.3) is 0 Å². The highest BCUT2D eigenvalue weighted by Gasteiger charge is 2.34. The Hall–Kier alpha value is -3.61. The number of nitrogens with zero attached hydrogens (tertiary/aromatic N) is 3. The van der Waals surface area contributed by atoms with Crippen molar-refractivity contribution in [1.29, 1.82) is 0 Å². The van der Waals surface area contributed by atoms with Crippen LogP contribution in [0.4, 0.5) is 5.95 Å². The molecule has 2 heterocycles. The molecule has 0 fully saturated rings.